The van der Waals surface area contributed by atoms with Crippen LogP contribution in [0.15, 0.2) is 5.10 Å². The van der Waals surface area contributed by atoms with Gasteiger partial charge in [0.15, 0.2) is 0 Å². The van der Waals surface area contributed by atoms with Crippen LogP contribution in [0, 0.1) is 0 Å². The van der Waals surface area contributed by atoms with Crippen LogP contribution in [-0.4, -0.2) is 12.3 Å². The SMILES string of the molecule is CCC1CCC=NN1. The monoisotopic (exact) mass is 112 g/mol. The van der Waals surface area contributed by atoms with Crippen molar-refractivity contribution in [2.75, 3.05) is 0 Å². The normalized spacial score (nSPS) is 27.4. The van der Waals surface area contributed by atoms with E-state index in [-0.39, 0.29) is 0 Å². The summed E-state index contributed by atoms with van der Waals surface area (Å²) < 4.78 is 0. The molecule has 1 rings (SSSR count). The fourth-order valence-corrected chi connectivity index (χ4v) is 0.858. The van der Waals surface area contributed by atoms with Crippen molar-refractivity contribution >= 4 is 6.21 Å². The lowest BCUT2D eigenvalue weighted by atomic mass is 10.1. The zero-order valence-corrected chi connectivity index (χ0v) is 5.22. The Kier molecular flexibility index (Phi) is 1.89. The van der Waals surface area contributed by atoms with Crippen LogP contribution in [0.1, 0.15) is 26.2 Å². The lowest BCUT2D eigenvalue weighted by molar-refractivity contribution is 0.475. The van der Waals surface area contributed by atoms with E-state index in [2.05, 4.69) is 17.5 Å². The molecule has 0 saturated heterocycles. The van der Waals surface area contributed by atoms with Gasteiger partial charge >= 0.3 is 0 Å². The molecule has 1 heterocycles. The molecule has 1 N–H and O–H groups in total. The van der Waals surface area contributed by atoms with E-state index in [1.807, 2.05) is 6.21 Å². The van der Waals surface area contributed by atoms with E-state index >= 15 is 0 Å². The molecule has 0 aliphatic carbocycles. The second kappa shape index (κ2) is 2.70. The molecule has 0 bridgehead atoms. The summed E-state index contributed by atoms with van der Waals surface area (Å²) in [4.78, 5) is 0. The van der Waals surface area contributed by atoms with E-state index in [1.165, 1.54) is 12.8 Å². The molecule has 1 unspecified atom stereocenters. The molecule has 0 aromatic heterocycles. The maximum Gasteiger partial charge on any atom is 0.0441 e. The maximum absolute atomic E-state index is 3.95. The van der Waals surface area contributed by atoms with Gasteiger partial charge in [0.1, 0.15) is 0 Å². The molecule has 0 spiro atoms. The van der Waals surface area contributed by atoms with Crippen molar-refractivity contribution in [1.29, 1.82) is 0 Å². The van der Waals surface area contributed by atoms with Gasteiger partial charge in [0.25, 0.3) is 0 Å². The standard InChI is InChI=1S/C6H12N2/c1-2-6-4-3-5-7-8-6/h5-6,8H,2-4H2,1H3. The molecule has 0 radical (unpaired) electrons. The largest absolute Gasteiger partial charge is 0.307 e. The van der Waals surface area contributed by atoms with Crippen LogP contribution in [0.3, 0.4) is 0 Å². The van der Waals surface area contributed by atoms with Crippen LogP contribution < -0.4 is 5.43 Å². The van der Waals surface area contributed by atoms with Crippen molar-refractivity contribution in [1.82, 2.24) is 5.43 Å². The number of rotatable bonds is 1. The molecule has 0 aromatic carbocycles. The first kappa shape index (κ1) is 5.60. The molecule has 0 amide bonds. The second-order valence-electron chi connectivity index (χ2n) is 2.12. The highest BCUT2D eigenvalue weighted by molar-refractivity contribution is 5.57. The Bertz CT molecular complexity index is 88.5. The molecule has 0 aromatic rings. The minimum Gasteiger partial charge on any atom is -0.307 e. The lowest BCUT2D eigenvalue weighted by Gasteiger charge is -2.16. The van der Waals surface area contributed by atoms with Crippen LogP contribution in [0.4, 0.5) is 0 Å². The van der Waals surface area contributed by atoms with Gasteiger partial charge in [-0.25, -0.2) is 0 Å². The van der Waals surface area contributed by atoms with E-state index in [1.54, 1.807) is 0 Å². The predicted molar refractivity (Wildman–Crippen MR) is 34.9 cm³/mol. The van der Waals surface area contributed by atoms with Gasteiger partial charge in [-0.3, -0.25) is 0 Å². The molecule has 46 valence electrons. The first-order valence-corrected chi connectivity index (χ1v) is 3.20. The minimum absolute atomic E-state index is 0.639. The van der Waals surface area contributed by atoms with Crippen LogP contribution in [0.25, 0.3) is 0 Å². The highest BCUT2D eigenvalue weighted by atomic mass is 15.3. The highest BCUT2D eigenvalue weighted by Crippen LogP contribution is 2.02. The van der Waals surface area contributed by atoms with Gasteiger partial charge < -0.3 is 5.43 Å². The van der Waals surface area contributed by atoms with Gasteiger partial charge in [-0.2, -0.15) is 5.10 Å². The van der Waals surface area contributed by atoms with Crippen LogP contribution in [0.5, 0.6) is 0 Å². The summed E-state index contributed by atoms with van der Waals surface area (Å²) in [5, 5.41) is 3.95. The molecule has 1 aliphatic rings. The quantitative estimate of drug-likeness (QED) is 0.540. The Balaban J connectivity index is 2.27. The Morgan fingerprint density at radius 1 is 1.88 bits per heavy atom. The zero-order valence-electron chi connectivity index (χ0n) is 5.22. The van der Waals surface area contributed by atoms with Gasteiger partial charge in [0, 0.05) is 12.3 Å². The molecule has 0 saturated carbocycles. The van der Waals surface area contributed by atoms with Gasteiger partial charge in [-0.1, -0.05) is 6.92 Å². The van der Waals surface area contributed by atoms with Gasteiger partial charge in [0.2, 0.25) is 0 Å². The lowest BCUT2D eigenvalue weighted by Crippen LogP contribution is -2.26. The Labute approximate surface area is 50.0 Å². The van der Waals surface area contributed by atoms with Crippen molar-refractivity contribution in [2.24, 2.45) is 5.10 Å². The van der Waals surface area contributed by atoms with E-state index in [9.17, 15) is 0 Å². The van der Waals surface area contributed by atoms with Crippen molar-refractivity contribution < 1.29 is 0 Å². The van der Waals surface area contributed by atoms with Crippen molar-refractivity contribution in [3.63, 3.8) is 0 Å². The topological polar surface area (TPSA) is 24.4 Å². The molecule has 1 atom stereocenters. The summed E-state index contributed by atoms with van der Waals surface area (Å²) in [6, 6.07) is 0.639. The fraction of sp³-hybridized carbons (Fsp3) is 0.833. The van der Waals surface area contributed by atoms with Gasteiger partial charge in [0.05, 0.1) is 0 Å². The smallest absolute Gasteiger partial charge is 0.0441 e. The summed E-state index contributed by atoms with van der Waals surface area (Å²) >= 11 is 0. The average molecular weight is 112 g/mol. The predicted octanol–water partition coefficient (Wildman–Crippen LogP) is 1.13. The summed E-state index contributed by atoms with van der Waals surface area (Å²) in [7, 11) is 0. The first-order valence-electron chi connectivity index (χ1n) is 3.20. The highest BCUT2D eigenvalue weighted by Gasteiger charge is 2.04. The number of hydrogen-bond acceptors (Lipinski definition) is 2. The summed E-state index contributed by atoms with van der Waals surface area (Å²) in [6.45, 7) is 2.18. The first-order chi connectivity index (χ1) is 3.93. The molecular weight excluding hydrogens is 100 g/mol. The third-order valence-electron chi connectivity index (χ3n) is 1.49. The maximum atomic E-state index is 3.95. The number of hydrazone groups is 1. The molecule has 0 fully saturated rings. The Hall–Kier alpha value is -0.530. The van der Waals surface area contributed by atoms with Gasteiger partial charge in [-0.15, -0.1) is 0 Å². The van der Waals surface area contributed by atoms with Crippen molar-refractivity contribution in [2.45, 2.75) is 32.2 Å². The van der Waals surface area contributed by atoms with Crippen LogP contribution in [0.2, 0.25) is 0 Å². The number of hydrogen-bond donors (Lipinski definition) is 1. The average Bonchev–Trinajstić information content (AvgIpc) is 1.90. The van der Waals surface area contributed by atoms with Gasteiger partial charge in [-0.05, 0) is 19.3 Å². The Morgan fingerprint density at radius 2 is 2.75 bits per heavy atom. The number of nitrogens with one attached hydrogen (secondary N) is 1. The summed E-state index contributed by atoms with van der Waals surface area (Å²) in [6.07, 6.45) is 5.52. The molecular formula is C6H12N2. The minimum atomic E-state index is 0.639. The van der Waals surface area contributed by atoms with Crippen LogP contribution >= 0.6 is 0 Å². The third kappa shape index (κ3) is 1.22. The second-order valence-corrected chi connectivity index (χ2v) is 2.12. The van der Waals surface area contributed by atoms with E-state index in [0.717, 1.165) is 6.42 Å². The van der Waals surface area contributed by atoms with E-state index in [0.29, 0.717) is 6.04 Å². The molecule has 1 aliphatic heterocycles. The summed E-state index contributed by atoms with van der Waals surface area (Å²) in [5.41, 5.74) is 3.04. The van der Waals surface area contributed by atoms with Crippen molar-refractivity contribution in [3.05, 3.63) is 0 Å². The Morgan fingerprint density at radius 3 is 3.12 bits per heavy atom. The van der Waals surface area contributed by atoms with Crippen molar-refractivity contribution in [3.8, 4) is 0 Å². The van der Waals surface area contributed by atoms with E-state index < -0.39 is 0 Å². The summed E-state index contributed by atoms with van der Waals surface area (Å²) in [5.74, 6) is 0. The fourth-order valence-electron chi connectivity index (χ4n) is 0.858. The molecule has 8 heavy (non-hydrogen) atoms. The molecule has 2 nitrogen and oxygen atoms in total. The van der Waals surface area contributed by atoms with Crippen LogP contribution in [-0.2, 0) is 0 Å². The van der Waals surface area contributed by atoms with E-state index in [4.69, 9.17) is 0 Å². The molecule has 2 heteroatoms. The third-order valence-corrected chi connectivity index (χ3v) is 1.49. The number of nitrogens with zero attached hydrogens (tertiary/aromatic N) is 1. The zero-order chi connectivity index (χ0) is 5.82.